The first-order valence-electron chi connectivity index (χ1n) is 9.46. The predicted molar refractivity (Wildman–Crippen MR) is 97.7 cm³/mol. The molecule has 8 nitrogen and oxygen atoms in total. The Bertz CT molecular complexity index is 553. The molecule has 2 unspecified atom stereocenters. The highest BCUT2D eigenvalue weighted by molar-refractivity contribution is 5.80. The molecular weight excluding hydrogens is 318 g/mol. The number of aliphatic imine (C=N–C) groups is 1. The lowest BCUT2D eigenvalue weighted by Crippen LogP contribution is -2.47. The molecule has 1 aromatic rings. The van der Waals surface area contributed by atoms with Crippen LogP contribution in [-0.4, -0.2) is 77.6 Å². The fourth-order valence-electron chi connectivity index (χ4n) is 3.40. The van der Waals surface area contributed by atoms with Crippen molar-refractivity contribution in [2.45, 2.75) is 39.3 Å². The molecule has 2 atom stereocenters. The number of morpholine rings is 1. The molecule has 0 aliphatic carbocycles. The van der Waals surface area contributed by atoms with Crippen LogP contribution in [0.3, 0.4) is 0 Å². The summed E-state index contributed by atoms with van der Waals surface area (Å²) in [5.74, 6) is 2.52. The first-order valence-corrected chi connectivity index (χ1v) is 9.46. The van der Waals surface area contributed by atoms with Crippen molar-refractivity contribution in [3.63, 3.8) is 0 Å². The smallest absolute Gasteiger partial charge is 0.191 e. The van der Waals surface area contributed by atoms with Crippen molar-refractivity contribution in [1.29, 1.82) is 0 Å². The van der Waals surface area contributed by atoms with Gasteiger partial charge in [0.15, 0.2) is 5.96 Å². The molecule has 0 amide bonds. The van der Waals surface area contributed by atoms with Crippen LogP contribution in [0.15, 0.2) is 11.3 Å². The first kappa shape index (κ1) is 18.1. The minimum absolute atomic E-state index is 0.349. The first-order chi connectivity index (χ1) is 12.2. The van der Waals surface area contributed by atoms with Crippen molar-refractivity contribution in [2.75, 3.05) is 45.9 Å². The van der Waals surface area contributed by atoms with Crippen molar-refractivity contribution in [2.24, 2.45) is 10.9 Å². The van der Waals surface area contributed by atoms with Gasteiger partial charge in [-0.3, -0.25) is 9.89 Å². The molecule has 1 fully saturated rings. The zero-order chi connectivity index (χ0) is 17.5. The summed E-state index contributed by atoms with van der Waals surface area (Å²) in [5.41, 5.74) is 0. The SMILES string of the molecule is CCNC(=NCC(C)CN1CCOCC1)NC1CCc2ncnn2C1. The minimum Gasteiger partial charge on any atom is -0.379 e. The van der Waals surface area contributed by atoms with E-state index >= 15 is 0 Å². The highest BCUT2D eigenvalue weighted by Crippen LogP contribution is 2.11. The lowest BCUT2D eigenvalue weighted by atomic mass is 10.1. The van der Waals surface area contributed by atoms with E-state index in [0.29, 0.717) is 12.0 Å². The predicted octanol–water partition coefficient (Wildman–Crippen LogP) is 0.116. The number of aromatic nitrogens is 3. The largest absolute Gasteiger partial charge is 0.379 e. The second-order valence-electron chi connectivity index (χ2n) is 6.98. The number of guanidine groups is 1. The number of hydrogen-bond acceptors (Lipinski definition) is 5. The van der Waals surface area contributed by atoms with Gasteiger partial charge < -0.3 is 15.4 Å². The van der Waals surface area contributed by atoms with Gasteiger partial charge in [-0.1, -0.05) is 6.92 Å². The van der Waals surface area contributed by atoms with Gasteiger partial charge in [0.25, 0.3) is 0 Å². The van der Waals surface area contributed by atoms with Crippen molar-refractivity contribution in [1.82, 2.24) is 30.3 Å². The third-order valence-electron chi connectivity index (χ3n) is 4.73. The average molecular weight is 349 g/mol. The van der Waals surface area contributed by atoms with Crippen LogP contribution < -0.4 is 10.6 Å². The van der Waals surface area contributed by atoms with Gasteiger partial charge in [-0.25, -0.2) is 9.67 Å². The van der Waals surface area contributed by atoms with Gasteiger partial charge in [-0.05, 0) is 19.3 Å². The Kier molecular flexibility index (Phi) is 6.63. The molecule has 0 saturated carbocycles. The number of hydrogen-bond donors (Lipinski definition) is 2. The summed E-state index contributed by atoms with van der Waals surface area (Å²) in [6.07, 6.45) is 3.67. The van der Waals surface area contributed by atoms with Crippen molar-refractivity contribution >= 4 is 5.96 Å². The van der Waals surface area contributed by atoms with Crippen LogP contribution in [0.2, 0.25) is 0 Å². The molecule has 25 heavy (non-hydrogen) atoms. The van der Waals surface area contributed by atoms with Gasteiger partial charge in [0.2, 0.25) is 0 Å². The number of fused-ring (bicyclic) bond motifs is 1. The third-order valence-corrected chi connectivity index (χ3v) is 4.73. The average Bonchev–Trinajstić information content (AvgIpc) is 3.08. The van der Waals surface area contributed by atoms with E-state index in [1.54, 1.807) is 6.33 Å². The normalized spacial score (nSPS) is 23.1. The molecule has 3 rings (SSSR count). The van der Waals surface area contributed by atoms with Crippen LogP contribution in [0.4, 0.5) is 0 Å². The zero-order valence-electron chi connectivity index (χ0n) is 15.4. The zero-order valence-corrected chi connectivity index (χ0v) is 15.4. The van der Waals surface area contributed by atoms with Crippen LogP contribution in [0.1, 0.15) is 26.1 Å². The fraction of sp³-hybridized carbons (Fsp3) is 0.824. The quantitative estimate of drug-likeness (QED) is 0.561. The molecule has 2 N–H and O–H groups in total. The molecule has 140 valence electrons. The van der Waals surface area contributed by atoms with Crippen LogP contribution in [-0.2, 0) is 17.7 Å². The summed E-state index contributed by atoms with van der Waals surface area (Å²) in [4.78, 5) is 11.6. The molecular formula is C17H31N7O. The van der Waals surface area contributed by atoms with Crippen molar-refractivity contribution < 1.29 is 4.74 Å². The lowest BCUT2D eigenvalue weighted by molar-refractivity contribution is 0.0323. The fourth-order valence-corrected chi connectivity index (χ4v) is 3.40. The van der Waals surface area contributed by atoms with Crippen molar-refractivity contribution in [3.05, 3.63) is 12.2 Å². The summed E-state index contributed by atoms with van der Waals surface area (Å²) >= 11 is 0. The summed E-state index contributed by atoms with van der Waals surface area (Å²) in [6, 6.07) is 0.349. The molecule has 1 saturated heterocycles. The maximum atomic E-state index is 5.41. The highest BCUT2D eigenvalue weighted by atomic mass is 16.5. The van der Waals surface area contributed by atoms with Gasteiger partial charge in [-0.15, -0.1) is 0 Å². The molecule has 1 aromatic heterocycles. The number of ether oxygens (including phenoxy) is 1. The minimum atomic E-state index is 0.349. The molecule has 3 heterocycles. The lowest BCUT2D eigenvalue weighted by Gasteiger charge is -2.29. The van der Waals surface area contributed by atoms with Gasteiger partial charge in [0, 0.05) is 45.2 Å². The topological polar surface area (TPSA) is 79.6 Å². The molecule has 0 bridgehead atoms. The van der Waals surface area contributed by atoms with E-state index in [1.807, 2.05) is 4.68 Å². The van der Waals surface area contributed by atoms with Gasteiger partial charge in [0.1, 0.15) is 12.2 Å². The summed E-state index contributed by atoms with van der Waals surface area (Å²) < 4.78 is 7.41. The van der Waals surface area contributed by atoms with Gasteiger partial charge in [0.05, 0.1) is 19.8 Å². The number of nitrogens with one attached hydrogen (secondary N) is 2. The summed E-state index contributed by atoms with van der Waals surface area (Å²) in [6.45, 7) is 11.8. The monoisotopic (exact) mass is 349 g/mol. The van der Waals surface area contributed by atoms with E-state index in [2.05, 4.69) is 39.5 Å². The van der Waals surface area contributed by atoms with Crippen LogP contribution in [0.5, 0.6) is 0 Å². The number of nitrogens with zero attached hydrogens (tertiary/aromatic N) is 5. The van der Waals surface area contributed by atoms with Crippen molar-refractivity contribution in [3.8, 4) is 0 Å². The van der Waals surface area contributed by atoms with E-state index in [-0.39, 0.29) is 0 Å². The van der Waals surface area contributed by atoms with Crippen LogP contribution in [0.25, 0.3) is 0 Å². The van der Waals surface area contributed by atoms with E-state index in [4.69, 9.17) is 9.73 Å². The summed E-state index contributed by atoms with van der Waals surface area (Å²) in [7, 11) is 0. The highest BCUT2D eigenvalue weighted by Gasteiger charge is 2.20. The van der Waals surface area contributed by atoms with E-state index in [0.717, 1.165) is 77.1 Å². The second-order valence-corrected chi connectivity index (χ2v) is 6.98. The molecule has 2 aliphatic rings. The Morgan fingerprint density at radius 2 is 2.28 bits per heavy atom. The Balaban J connectivity index is 1.48. The maximum Gasteiger partial charge on any atom is 0.191 e. The Hall–Kier alpha value is -1.67. The maximum absolute atomic E-state index is 5.41. The molecule has 0 spiro atoms. The number of rotatable bonds is 6. The summed E-state index contributed by atoms with van der Waals surface area (Å²) in [5, 5.41) is 11.2. The van der Waals surface area contributed by atoms with E-state index in [1.165, 1.54) is 0 Å². The Labute approximate surface area is 150 Å². The number of aryl methyl sites for hydroxylation is 1. The Morgan fingerprint density at radius 1 is 1.44 bits per heavy atom. The van der Waals surface area contributed by atoms with Crippen LogP contribution in [0, 0.1) is 5.92 Å². The van der Waals surface area contributed by atoms with E-state index < -0.39 is 0 Å². The van der Waals surface area contributed by atoms with Gasteiger partial charge >= 0.3 is 0 Å². The molecule has 0 radical (unpaired) electrons. The molecule has 2 aliphatic heterocycles. The second kappa shape index (κ2) is 9.15. The van der Waals surface area contributed by atoms with Gasteiger partial charge in [-0.2, -0.15) is 5.10 Å². The third kappa shape index (κ3) is 5.40. The van der Waals surface area contributed by atoms with E-state index in [9.17, 15) is 0 Å². The molecule has 8 heteroatoms. The standard InChI is InChI=1S/C17H31N7O/c1-3-18-17(19-10-14(2)11-23-6-8-25-9-7-23)22-15-4-5-16-20-13-21-24(16)12-15/h13-15H,3-12H2,1-2H3,(H2,18,19,22). The van der Waals surface area contributed by atoms with Crippen LogP contribution >= 0.6 is 0 Å². The Morgan fingerprint density at radius 3 is 3.08 bits per heavy atom. The molecule has 0 aromatic carbocycles.